The Labute approximate surface area is 125 Å². The Morgan fingerprint density at radius 3 is 2.84 bits per heavy atom. The Morgan fingerprint density at radius 1 is 1.53 bits per heavy atom. The SMILES string of the molecule is CC(C)(C)OC(=O)NC1COc2c(Cl)ccc(Br)c21. The van der Waals surface area contributed by atoms with Crippen LogP contribution in [0.25, 0.3) is 0 Å². The van der Waals surface area contributed by atoms with Crippen LogP contribution in [0.2, 0.25) is 5.02 Å². The number of amides is 1. The number of ether oxygens (including phenoxy) is 2. The zero-order valence-electron chi connectivity index (χ0n) is 10.9. The van der Waals surface area contributed by atoms with Gasteiger partial charge in [0.1, 0.15) is 18.0 Å². The third-order valence-corrected chi connectivity index (χ3v) is 3.52. The summed E-state index contributed by atoms with van der Waals surface area (Å²) in [5, 5.41) is 3.32. The molecule has 1 aromatic carbocycles. The third kappa shape index (κ3) is 3.34. The number of halogens is 2. The first kappa shape index (κ1) is 14.5. The summed E-state index contributed by atoms with van der Waals surface area (Å²) >= 11 is 9.50. The highest BCUT2D eigenvalue weighted by Crippen LogP contribution is 2.42. The number of rotatable bonds is 1. The van der Waals surface area contributed by atoms with Gasteiger partial charge in [0.05, 0.1) is 11.1 Å². The molecule has 1 amide bonds. The summed E-state index contributed by atoms with van der Waals surface area (Å²) in [6.07, 6.45) is -0.471. The standard InChI is InChI=1S/C13H15BrClNO3/c1-13(2,3)19-12(17)16-9-6-18-11-8(15)5-4-7(14)10(9)11/h4-5,9H,6H2,1-3H3,(H,16,17). The van der Waals surface area contributed by atoms with Crippen LogP contribution in [-0.2, 0) is 4.74 Å². The normalized spacial score (nSPS) is 17.6. The van der Waals surface area contributed by atoms with Gasteiger partial charge in [-0.05, 0) is 32.9 Å². The average Bonchev–Trinajstić information content (AvgIpc) is 2.66. The minimum absolute atomic E-state index is 0.266. The van der Waals surface area contributed by atoms with Crippen molar-refractivity contribution in [3.63, 3.8) is 0 Å². The van der Waals surface area contributed by atoms with E-state index in [0.717, 1.165) is 10.0 Å². The molecule has 2 rings (SSSR count). The lowest BCUT2D eigenvalue weighted by atomic mass is 10.1. The number of fused-ring (bicyclic) bond motifs is 1. The van der Waals surface area contributed by atoms with Crippen molar-refractivity contribution in [1.29, 1.82) is 0 Å². The molecule has 6 heteroatoms. The maximum absolute atomic E-state index is 11.8. The lowest BCUT2D eigenvalue weighted by molar-refractivity contribution is 0.0497. The second-order valence-corrected chi connectivity index (χ2v) is 6.54. The summed E-state index contributed by atoms with van der Waals surface area (Å²) in [6.45, 7) is 5.80. The predicted octanol–water partition coefficient (Wildman–Crippen LogP) is 4.06. The molecular formula is C13H15BrClNO3. The molecule has 1 aliphatic heterocycles. The van der Waals surface area contributed by atoms with Crippen molar-refractivity contribution < 1.29 is 14.3 Å². The highest BCUT2D eigenvalue weighted by atomic mass is 79.9. The zero-order chi connectivity index (χ0) is 14.2. The van der Waals surface area contributed by atoms with Crippen LogP contribution in [0.1, 0.15) is 32.4 Å². The van der Waals surface area contributed by atoms with Crippen LogP contribution in [0.3, 0.4) is 0 Å². The molecule has 0 spiro atoms. The monoisotopic (exact) mass is 347 g/mol. The van der Waals surface area contributed by atoms with Crippen LogP contribution in [-0.4, -0.2) is 18.3 Å². The van der Waals surface area contributed by atoms with Crippen molar-refractivity contribution >= 4 is 33.6 Å². The van der Waals surface area contributed by atoms with Gasteiger partial charge in [0.25, 0.3) is 0 Å². The van der Waals surface area contributed by atoms with Crippen LogP contribution in [0, 0.1) is 0 Å². The Kier molecular flexibility index (Phi) is 3.97. The summed E-state index contributed by atoms with van der Waals surface area (Å²) in [7, 11) is 0. The Balaban J connectivity index is 2.15. The van der Waals surface area contributed by atoms with E-state index in [-0.39, 0.29) is 6.04 Å². The molecule has 19 heavy (non-hydrogen) atoms. The highest BCUT2D eigenvalue weighted by molar-refractivity contribution is 9.10. The Morgan fingerprint density at radius 2 is 2.21 bits per heavy atom. The molecular weight excluding hydrogens is 334 g/mol. The van der Waals surface area contributed by atoms with Crippen molar-refractivity contribution in [3.05, 3.63) is 27.2 Å². The first-order valence-corrected chi connectivity index (χ1v) is 7.05. The number of hydrogen-bond acceptors (Lipinski definition) is 3. The quantitative estimate of drug-likeness (QED) is 0.832. The maximum Gasteiger partial charge on any atom is 0.408 e. The van der Waals surface area contributed by atoms with E-state index >= 15 is 0 Å². The minimum Gasteiger partial charge on any atom is -0.489 e. The topological polar surface area (TPSA) is 47.6 Å². The van der Waals surface area contributed by atoms with Crippen LogP contribution in [0.15, 0.2) is 16.6 Å². The average molecular weight is 349 g/mol. The lowest BCUT2D eigenvalue weighted by Crippen LogP contribution is -2.35. The molecule has 0 bridgehead atoms. The molecule has 0 saturated heterocycles. The van der Waals surface area contributed by atoms with E-state index < -0.39 is 11.7 Å². The van der Waals surface area contributed by atoms with Gasteiger partial charge >= 0.3 is 6.09 Å². The fourth-order valence-corrected chi connectivity index (χ4v) is 2.64. The van der Waals surface area contributed by atoms with Crippen molar-refractivity contribution in [1.82, 2.24) is 5.32 Å². The predicted molar refractivity (Wildman–Crippen MR) is 76.8 cm³/mol. The van der Waals surface area contributed by atoms with Gasteiger partial charge in [-0.3, -0.25) is 0 Å². The second kappa shape index (κ2) is 5.21. The fraction of sp³-hybridized carbons (Fsp3) is 0.462. The second-order valence-electron chi connectivity index (χ2n) is 5.28. The molecule has 0 fully saturated rings. The molecule has 1 aliphatic rings. The van der Waals surface area contributed by atoms with Crippen LogP contribution < -0.4 is 10.1 Å². The number of carbonyl (C=O) groups is 1. The van der Waals surface area contributed by atoms with E-state index in [1.165, 1.54) is 0 Å². The molecule has 1 heterocycles. The number of nitrogens with one attached hydrogen (secondary N) is 1. The van der Waals surface area contributed by atoms with Crippen molar-refractivity contribution in [2.24, 2.45) is 0 Å². The summed E-state index contributed by atoms with van der Waals surface area (Å²) in [6, 6.07) is 3.32. The lowest BCUT2D eigenvalue weighted by Gasteiger charge is -2.21. The van der Waals surface area contributed by atoms with Gasteiger partial charge in [-0.1, -0.05) is 27.5 Å². The molecule has 1 N–H and O–H groups in total. The maximum atomic E-state index is 11.8. The first-order valence-electron chi connectivity index (χ1n) is 5.88. The van der Waals surface area contributed by atoms with Crippen molar-refractivity contribution in [2.75, 3.05) is 6.61 Å². The van der Waals surface area contributed by atoms with Crippen molar-refractivity contribution in [2.45, 2.75) is 32.4 Å². The van der Waals surface area contributed by atoms with Gasteiger partial charge in [-0.2, -0.15) is 0 Å². The van der Waals surface area contributed by atoms with Crippen LogP contribution >= 0.6 is 27.5 Å². The van der Waals surface area contributed by atoms with Gasteiger partial charge in [0.15, 0.2) is 0 Å². The van der Waals surface area contributed by atoms with Gasteiger partial charge in [-0.25, -0.2) is 4.79 Å². The summed E-state index contributed by atoms with van der Waals surface area (Å²) in [5.74, 6) is 0.608. The Bertz CT molecular complexity index is 513. The van der Waals surface area contributed by atoms with E-state index in [2.05, 4.69) is 21.2 Å². The molecule has 104 valence electrons. The Hall–Kier alpha value is -0.940. The van der Waals surface area contributed by atoms with E-state index in [9.17, 15) is 4.79 Å². The molecule has 1 unspecified atom stereocenters. The smallest absolute Gasteiger partial charge is 0.408 e. The minimum atomic E-state index is -0.530. The molecule has 0 aliphatic carbocycles. The number of benzene rings is 1. The zero-order valence-corrected chi connectivity index (χ0v) is 13.3. The van der Waals surface area contributed by atoms with Gasteiger partial charge in [0, 0.05) is 10.0 Å². The number of alkyl carbamates (subject to hydrolysis) is 1. The van der Waals surface area contributed by atoms with E-state index in [1.54, 1.807) is 6.07 Å². The molecule has 4 nitrogen and oxygen atoms in total. The summed E-state index contributed by atoms with van der Waals surface area (Å²) in [4.78, 5) is 11.8. The third-order valence-electron chi connectivity index (χ3n) is 2.53. The molecule has 0 aromatic heterocycles. The summed E-state index contributed by atoms with van der Waals surface area (Å²) in [5.41, 5.74) is 0.316. The van der Waals surface area contributed by atoms with Gasteiger partial charge in [0.2, 0.25) is 0 Å². The van der Waals surface area contributed by atoms with Crippen LogP contribution in [0.5, 0.6) is 5.75 Å². The van der Waals surface area contributed by atoms with Crippen LogP contribution in [0.4, 0.5) is 4.79 Å². The number of carbonyl (C=O) groups excluding carboxylic acids is 1. The van der Waals surface area contributed by atoms with Gasteiger partial charge in [-0.15, -0.1) is 0 Å². The highest BCUT2D eigenvalue weighted by Gasteiger charge is 2.31. The molecule has 0 radical (unpaired) electrons. The van der Waals surface area contributed by atoms with Crippen molar-refractivity contribution in [3.8, 4) is 5.75 Å². The fourth-order valence-electron chi connectivity index (χ4n) is 1.83. The first-order chi connectivity index (χ1) is 8.78. The van der Waals surface area contributed by atoms with E-state index in [4.69, 9.17) is 21.1 Å². The molecule has 1 atom stereocenters. The van der Waals surface area contributed by atoms with E-state index in [0.29, 0.717) is 17.4 Å². The molecule has 0 saturated carbocycles. The number of hydrogen-bond donors (Lipinski definition) is 1. The largest absolute Gasteiger partial charge is 0.489 e. The summed E-state index contributed by atoms with van der Waals surface area (Å²) < 4.78 is 11.6. The molecule has 1 aromatic rings. The van der Waals surface area contributed by atoms with Gasteiger partial charge < -0.3 is 14.8 Å². The van der Waals surface area contributed by atoms with E-state index in [1.807, 2.05) is 26.8 Å².